The van der Waals surface area contributed by atoms with Gasteiger partial charge in [-0.25, -0.2) is 0 Å². The summed E-state index contributed by atoms with van der Waals surface area (Å²) >= 11 is 6.11. The van der Waals surface area contributed by atoms with Gasteiger partial charge in [-0.2, -0.15) is 5.10 Å². The SMILES string of the molecule is Cc1nn(C)c(Cl)c1Cn1cccc(N)c1=O. The van der Waals surface area contributed by atoms with Gasteiger partial charge >= 0.3 is 0 Å². The molecule has 2 aromatic heterocycles. The Morgan fingerprint density at radius 3 is 2.82 bits per heavy atom. The molecule has 0 amide bonds. The quantitative estimate of drug-likeness (QED) is 0.873. The molecule has 0 radical (unpaired) electrons. The number of hydrogen-bond donors (Lipinski definition) is 1. The van der Waals surface area contributed by atoms with Gasteiger partial charge in [0.2, 0.25) is 0 Å². The molecule has 0 atom stereocenters. The molecule has 0 saturated carbocycles. The van der Waals surface area contributed by atoms with Gasteiger partial charge in [0.05, 0.1) is 17.9 Å². The molecular weight excluding hydrogens is 240 g/mol. The summed E-state index contributed by atoms with van der Waals surface area (Å²) < 4.78 is 3.11. The smallest absolute Gasteiger partial charge is 0.273 e. The second-order valence-corrected chi connectivity index (χ2v) is 4.23. The van der Waals surface area contributed by atoms with Gasteiger partial charge in [-0.05, 0) is 19.1 Å². The van der Waals surface area contributed by atoms with E-state index in [1.807, 2.05) is 6.92 Å². The molecule has 0 bridgehead atoms. The molecule has 2 aromatic rings. The van der Waals surface area contributed by atoms with Crippen molar-refractivity contribution in [2.45, 2.75) is 13.5 Å². The third-order valence-corrected chi connectivity index (χ3v) is 3.12. The van der Waals surface area contributed by atoms with Crippen molar-refractivity contribution >= 4 is 17.3 Å². The van der Waals surface area contributed by atoms with Crippen LogP contribution in [0.15, 0.2) is 23.1 Å². The van der Waals surface area contributed by atoms with Crippen molar-refractivity contribution in [1.29, 1.82) is 0 Å². The van der Waals surface area contributed by atoms with E-state index in [0.717, 1.165) is 11.3 Å². The Labute approximate surface area is 103 Å². The highest BCUT2D eigenvalue weighted by atomic mass is 35.5. The van der Waals surface area contributed by atoms with E-state index in [1.165, 1.54) is 4.57 Å². The molecule has 0 aliphatic heterocycles. The molecule has 0 aromatic carbocycles. The highest BCUT2D eigenvalue weighted by Crippen LogP contribution is 2.19. The molecule has 6 heteroatoms. The minimum Gasteiger partial charge on any atom is -0.394 e. The maximum absolute atomic E-state index is 11.8. The maximum atomic E-state index is 11.8. The molecule has 0 aliphatic carbocycles. The number of pyridine rings is 1. The predicted molar refractivity (Wildman–Crippen MR) is 67.2 cm³/mol. The number of rotatable bonds is 2. The van der Waals surface area contributed by atoms with Crippen LogP contribution in [0.1, 0.15) is 11.3 Å². The largest absolute Gasteiger partial charge is 0.394 e. The van der Waals surface area contributed by atoms with Gasteiger partial charge < -0.3 is 10.3 Å². The van der Waals surface area contributed by atoms with Gasteiger partial charge in [0.15, 0.2) is 0 Å². The number of nitrogens with two attached hydrogens (primary N) is 1. The summed E-state index contributed by atoms with van der Waals surface area (Å²) in [5.41, 5.74) is 7.23. The Morgan fingerprint density at radius 1 is 1.53 bits per heavy atom. The van der Waals surface area contributed by atoms with Crippen LogP contribution in [0, 0.1) is 6.92 Å². The number of anilines is 1. The lowest BCUT2D eigenvalue weighted by atomic mass is 10.2. The lowest BCUT2D eigenvalue weighted by molar-refractivity contribution is 0.751. The van der Waals surface area contributed by atoms with E-state index >= 15 is 0 Å². The zero-order chi connectivity index (χ0) is 12.6. The third kappa shape index (κ3) is 2.06. The fourth-order valence-electron chi connectivity index (χ4n) is 1.70. The van der Waals surface area contributed by atoms with E-state index in [2.05, 4.69) is 5.10 Å². The zero-order valence-electron chi connectivity index (χ0n) is 9.64. The van der Waals surface area contributed by atoms with Crippen molar-refractivity contribution in [3.8, 4) is 0 Å². The van der Waals surface area contributed by atoms with E-state index in [-0.39, 0.29) is 11.2 Å². The first-order valence-corrected chi connectivity index (χ1v) is 5.51. The van der Waals surface area contributed by atoms with Crippen LogP contribution >= 0.6 is 11.6 Å². The Morgan fingerprint density at radius 2 is 2.24 bits per heavy atom. The number of halogens is 1. The second kappa shape index (κ2) is 4.25. The molecule has 0 saturated heterocycles. The van der Waals surface area contributed by atoms with Crippen molar-refractivity contribution in [3.05, 3.63) is 45.1 Å². The van der Waals surface area contributed by atoms with Gasteiger partial charge in [0.1, 0.15) is 5.15 Å². The van der Waals surface area contributed by atoms with Crippen molar-refractivity contribution < 1.29 is 0 Å². The summed E-state index contributed by atoms with van der Waals surface area (Å²) in [6.07, 6.45) is 1.68. The van der Waals surface area contributed by atoms with Gasteiger partial charge in [-0.1, -0.05) is 11.6 Å². The Kier molecular flexibility index (Phi) is 2.93. The lowest BCUT2D eigenvalue weighted by Crippen LogP contribution is -2.22. The van der Waals surface area contributed by atoms with Crippen molar-refractivity contribution in [1.82, 2.24) is 14.3 Å². The van der Waals surface area contributed by atoms with Crippen molar-refractivity contribution in [2.75, 3.05) is 5.73 Å². The minimum absolute atomic E-state index is 0.216. The van der Waals surface area contributed by atoms with E-state index in [0.29, 0.717) is 11.7 Å². The summed E-state index contributed by atoms with van der Waals surface area (Å²) in [6.45, 7) is 2.24. The average Bonchev–Trinajstić information content (AvgIpc) is 2.51. The standard InChI is InChI=1S/C11H13ClN4O/c1-7-8(10(12)15(2)14-7)6-16-5-3-4-9(13)11(16)17/h3-5H,6,13H2,1-2H3. The van der Waals surface area contributed by atoms with Crippen LogP contribution in [-0.2, 0) is 13.6 Å². The Balaban J connectivity index is 2.45. The average molecular weight is 253 g/mol. The van der Waals surface area contributed by atoms with Crippen LogP contribution in [-0.4, -0.2) is 14.3 Å². The van der Waals surface area contributed by atoms with Crippen LogP contribution in [0.25, 0.3) is 0 Å². The topological polar surface area (TPSA) is 65.8 Å². The Bertz CT molecular complexity index is 614. The van der Waals surface area contributed by atoms with Crippen LogP contribution in [0.2, 0.25) is 5.15 Å². The fraction of sp³-hybridized carbons (Fsp3) is 0.273. The molecule has 0 aliphatic rings. The van der Waals surface area contributed by atoms with Gasteiger partial charge in [-0.15, -0.1) is 0 Å². The Hall–Kier alpha value is -1.75. The first kappa shape index (κ1) is 11.7. The summed E-state index contributed by atoms with van der Waals surface area (Å²) in [6, 6.07) is 3.31. The summed E-state index contributed by atoms with van der Waals surface area (Å²) in [5, 5.41) is 4.74. The maximum Gasteiger partial charge on any atom is 0.273 e. The summed E-state index contributed by atoms with van der Waals surface area (Å²) in [7, 11) is 1.76. The predicted octanol–water partition coefficient (Wildman–Crippen LogP) is 1.17. The van der Waals surface area contributed by atoms with Crippen LogP contribution in [0.4, 0.5) is 5.69 Å². The molecule has 90 valence electrons. The number of nitrogen functional groups attached to an aromatic ring is 1. The van der Waals surface area contributed by atoms with Gasteiger partial charge in [0.25, 0.3) is 5.56 Å². The van der Waals surface area contributed by atoms with Gasteiger partial charge in [-0.3, -0.25) is 9.48 Å². The van der Waals surface area contributed by atoms with E-state index in [9.17, 15) is 4.79 Å². The third-order valence-electron chi connectivity index (χ3n) is 2.65. The normalized spacial score (nSPS) is 10.8. The summed E-state index contributed by atoms with van der Waals surface area (Å²) in [5.74, 6) is 0. The van der Waals surface area contributed by atoms with Crippen LogP contribution < -0.4 is 11.3 Å². The van der Waals surface area contributed by atoms with E-state index < -0.39 is 0 Å². The monoisotopic (exact) mass is 252 g/mol. The first-order valence-electron chi connectivity index (χ1n) is 5.13. The highest BCUT2D eigenvalue weighted by molar-refractivity contribution is 6.30. The number of nitrogens with zero attached hydrogens (tertiary/aromatic N) is 3. The molecule has 2 heterocycles. The molecule has 5 nitrogen and oxygen atoms in total. The zero-order valence-corrected chi connectivity index (χ0v) is 10.4. The summed E-state index contributed by atoms with van der Waals surface area (Å²) in [4.78, 5) is 11.8. The van der Waals surface area contributed by atoms with Crippen molar-refractivity contribution in [3.63, 3.8) is 0 Å². The molecule has 17 heavy (non-hydrogen) atoms. The van der Waals surface area contributed by atoms with E-state index in [4.69, 9.17) is 17.3 Å². The number of aromatic nitrogens is 3. The van der Waals surface area contributed by atoms with Gasteiger partial charge in [0, 0.05) is 18.8 Å². The number of hydrogen-bond acceptors (Lipinski definition) is 3. The number of aryl methyl sites for hydroxylation is 2. The fourth-order valence-corrected chi connectivity index (χ4v) is 1.94. The minimum atomic E-state index is -0.216. The lowest BCUT2D eigenvalue weighted by Gasteiger charge is -2.06. The molecule has 2 N–H and O–H groups in total. The highest BCUT2D eigenvalue weighted by Gasteiger charge is 2.12. The van der Waals surface area contributed by atoms with E-state index in [1.54, 1.807) is 30.1 Å². The van der Waals surface area contributed by atoms with Crippen LogP contribution in [0.5, 0.6) is 0 Å². The molecule has 0 unspecified atom stereocenters. The van der Waals surface area contributed by atoms with Crippen LogP contribution in [0.3, 0.4) is 0 Å². The molecular formula is C11H13ClN4O. The first-order chi connectivity index (χ1) is 8.00. The molecule has 2 rings (SSSR count). The second-order valence-electron chi connectivity index (χ2n) is 3.87. The molecule has 0 fully saturated rings. The molecule has 0 spiro atoms. The van der Waals surface area contributed by atoms with Crippen molar-refractivity contribution in [2.24, 2.45) is 7.05 Å².